The summed E-state index contributed by atoms with van der Waals surface area (Å²) < 4.78 is 6.40. The van der Waals surface area contributed by atoms with Gasteiger partial charge in [0.1, 0.15) is 11.5 Å². The molecule has 1 heteroatoms. The fraction of sp³-hybridized carbons (Fsp3) is 0.0270. The van der Waals surface area contributed by atoms with Gasteiger partial charge in [-0.25, -0.2) is 0 Å². The molecule has 0 aliphatic carbocycles. The maximum absolute atomic E-state index is 6.40. The molecule has 7 aromatic carbocycles. The second-order valence-electron chi connectivity index (χ2n) is 10.2. The predicted molar refractivity (Wildman–Crippen MR) is 160 cm³/mol. The summed E-state index contributed by atoms with van der Waals surface area (Å²) in [6.45, 7) is 2.16. The smallest absolute Gasteiger partial charge is 0.135 e. The molecule has 0 fully saturated rings. The number of ether oxygens (including phenoxy) is 1. The van der Waals surface area contributed by atoms with E-state index in [9.17, 15) is 0 Å². The summed E-state index contributed by atoms with van der Waals surface area (Å²) in [6, 6.07) is 46.0. The number of hydrogen-bond donors (Lipinski definition) is 0. The van der Waals surface area contributed by atoms with E-state index < -0.39 is 0 Å². The quantitative estimate of drug-likeness (QED) is 0.222. The third kappa shape index (κ3) is 3.06. The van der Waals surface area contributed by atoms with Crippen LogP contribution in [0.15, 0.2) is 127 Å². The van der Waals surface area contributed by atoms with E-state index in [1.807, 2.05) is 0 Å². The van der Waals surface area contributed by atoms with Crippen LogP contribution < -0.4 is 4.74 Å². The molecule has 38 heavy (non-hydrogen) atoms. The van der Waals surface area contributed by atoms with Crippen molar-refractivity contribution in [2.45, 2.75) is 6.92 Å². The first kappa shape index (κ1) is 21.2. The topological polar surface area (TPSA) is 9.23 Å². The molecule has 7 aromatic rings. The van der Waals surface area contributed by atoms with Crippen molar-refractivity contribution in [3.05, 3.63) is 133 Å². The molecule has 0 aromatic heterocycles. The predicted octanol–water partition coefficient (Wildman–Crippen LogP) is 10.6. The van der Waals surface area contributed by atoms with Gasteiger partial charge in [0.2, 0.25) is 0 Å². The van der Waals surface area contributed by atoms with Gasteiger partial charge in [-0.3, -0.25) is 0 Å². The standard InChI is InChI=1S/C37H24O/c1-23-9-6-12-25(21-23)35-27-13-2-4-15-29(27)36(30-16-5-3-14-28(30)35)26-19-20-33-32(22-26)31-17-7-10-24-11-8-18-34(38-33)37(24)31/h2-22H,1H3. The summed E-state index contributed by atoms with van der Waals surface area (Å²) in [6.07, 6.45) is 0. The molecule has 0 amide bonds. The molecular weight excluding hydrogens is 460 g/mol. The zero-order valence-electron chi connectivity index (χ0n) is 21.0. The van der Waals surface area contributed by atoms with Crippen LogP contribution in [-0.2, 0) is 0 Å². The van der Waals surface area contributed by atoms with Crippen LogP contribution in [0.1, 0.15) is 5.56 Å². The van der Waals surface area contributed by atoms with E-state index in [1.54, 1.807) is 0 Å². The van der Waals surface area contributed by atoms with Crippen molar-refractivity contribution in [1.29, 1.82) is 0 Å². The van der Waals surface area contributed by atoms with Gasteiger partial charge in [-0.15, -0.1) is 0 Å². The fourth-order valence-electron chi connectivity index (χ4n) is 6.27. The number of fused-ring (bicyclic) bond motifs is 4. The minimum atomic E-state index is 0.907. The Morgan fingerprint density at radius 1 is 0.447 bits per heavy atom. The van der Waals surface area contributed by atoms with Crippen LogP contribution in [0.4, 0.5) is 0 Å². The van der Waals surface area contributed by atoms with Crippen LogP contribution in [0.2, 0.25) is 0 Å². The van der Waals surface area contributed by atoms with Gasteiger partial charge in [0.25, 0.3) is 0 Å². The first-order chi connectivity index (χ1) is 18.8. The molecule has 0 atom stereocenters. The SMILES string of the molecule is Cc1cccc(-c2c3ccccc3c(-c3ccc4c(c3)-c3cccc5cccc(c35)O4)c3ccccc23)c1. The van der Waals surface area contributed by atoms with Crippen LogP contribution in [0.3, 0.4) is 0 Å². The summed E-state index contributed by atoms with van der Waals surface area (Å²) in [5.41, 5.74) is 8.65. The summed E-state index contributed by atoms with van der Waals surface area (Å²) in [4.78, 5) is 0. The van der Waals surface area contributed by atoms with Crippen LogP contribution in [0.25, 0.3) is 65.7 Å². The molecule has 0 spiro atoms. The molecule has 0 saturated heterocycles. The first-order valence-corrected chi connectivity index (χ1v) is 13.1. The lowest BCUT2D eigenvalue weighted by molar-refractivity contribution is 0.487. The molecule has 1 heterocycles. The van der Waals surface area contributed by atoms with Gasteiger partial charge in [0, 0.05) is 10.9 Å². The summed E-state index contributed by atoms with van der Waals surface area (Å²) in [5, 5.41) is 7.45. The second kappa shape index (κ2) is 8.06. The van der Waals surface area contributed by atoms with E-state index in [-0.39, 0.29) is 0 Å². The van der Waals surface area contributed by atoms with Crippen LogP contribution in [0, 0.1) is 6.92 Å². The molecule has 1 aliphatic heterocycles. The number of rotatable bonds is 2. The third-order valence-corrected chi connectivity index (χ3v) is 7.88. The minimum Gasteiger partial charge on any atom is -0.456 e. The van der Waals surface area contributed by atoms with Crippen molar-refractivity contribution in [3.63, 3.8) is 0 Å². The van der Waals surface area contributed by atoms with Gasteiger partial charge in [0.15, 0.2) is 0 Å². The molecule has 0 N–H and O–H groups in total. The number of benzene rings is 7. The Morgan fingerprint density at radius 3 is 1.71 bits per heavy atom. The van der Waals surface area contributed by atoms with Crippen molar-refractivity contribution in [1.82, 2.24) is 0 Å². The fourth-order valence-corrected chi connectivity index (χ4v) is 6.27. The van der Waals surface area contributed by atoms with Crippen LogP contribution in [-0.4, -0.2) is 0 Å². The Bertz CT molecular complexity index is 2000. The third-order valence-electron chi connectivity index (χ3n) is 7.88. The van der Waals surface area contributed by atoms with Crippen molar-refractivity contribution >= 4 is 32.3 Å². The summed E-state index contributed by atoms with van der Waals surface area (Å²) >= 11 is 0. The molecule has 0 radical (unpaired) electrons. The minimum absolute atomic E-state index is 0.907. The van der Waals surface area contributed by atoms with Gasteiger partial charge in [-0.1, -0.05) is 115 Å². The molecule has 0 saturated carbocycles. The summed E-state index contributed by atoms with van der Waals surface area (Å²) in [7, 11) is 0. The Labute approximate surface area is 221 Å². The van der Waals surface area contributed by atoms with E-state index in [0.29, 0.717) is 0 Å². The molecule has 178 valence electrons. The monoisotopic (exact) mass is 484 g/mol. The highest BCUT2D eigenvalue weighted by Crippen LogP contribution is 2.49. The molecule has 0 bridgehead atoms. The Morgan fingerprint density at radius 2 is 1.05 bits per heavy atom. The van der Waals surface area contributed by atoms with E-state index in [1.165, 1.54) is 65.7 Å². The highest BCUT2D eigenvalue weighted by atomic mass is 16.5. The van der Waals surface area contributed by atoms with E-state index in [0.717, 1.165) is 17.1 Å². The zero-order valence-corrected chi connectivity index (χ0v) is 21.0. The molecular formula is C37H24O. The van der Waals surface area contributed by atoms with Gasteiger partial charge in [-0.2, -0.15) is 0 Å². The average molecular weight is 485 g/mol. The van der Waals surface area contributed by atoms with Crippen molar-refractivity contribution in [2.24, 2.45) is 0 Å². The maximum Gasteiger partial charge on any atom is 0.135 e. The van der Waals surface area contributed by atoms with E-state index in [4.69, 9.17) is 4.74 Å². The molecule has 1 aliphatic rings. The lowest BCUT2D eigenvalue weighted by atomic mass is 9.84. The van der Waals surface area contributed by atoms with Crippen molar-refractivity contribution < 1.29 is 4.74 Å². The molecule has 0 unspecified atom stereocenters. The number of hydrogen-bond acceptors (Lipinski definition) is 1. The Balaban J connectivity index is 1.46. The Hall–Kier alpha value is -4.88. The van der Waals surface area contributed by atoms with Crippen molar-refractivity contribution in [3.8, 4) is 44.9 Å². The van der Waals surface area contributed by atoms with E-state index >= 15 is 0 Å². The lowest BCUT2D eigenvalue weighted by Crippen LogP contribution is -1.97. The normalized spacial score (nSPS) is 12.0. The van der Waals surface area contributed by atoms with Gasteiger partial charge in [-0.05, 0) is 79.9 Å². The molecule has 1 nitrogen and oxygen atoms in total. The van der Waals surface area contributed by atoms with Gasteiger partial charge >= 0.3 is 0 Å². The summed E-state index contributed by atoms with van der Waals surface area (Å²) in [5.74, 6) is 1.83. The van der Waals surface area contributed by atoms with Crippen LogP contribution in [0.5, 0.6) is 11.5 Å². The van der Waals surface area contributed by atoms with E-state index in [2.05, 4.69) is 134 Å². The highest BCUT2D eigenvalue weighted by molar-refractivity contribution is 6.21. The zero-order chi connectivity index (χ0) is 25.2. The Kier molecular flexibility index (Phi) is 4.50. The first-order valence-electron chi connectivity index (χ1n) is 13.1. The van der Waals surface area contributed by atoms with Gasteiger partial charge in [0.05, 0.1) is 0 Å². The van der Waals surface area contributed by atoms with Crippen molar-refractivity contribution in [2.75, 3.05) is 0 Å². The average Bonchev–Trinajstić information content (AvgIpc) is 2.96. The highest BCUT2D eigenvalue weighted by Gasteiger charge is 2.22. The lowest BCUT2D eigenvalue weighted by Gasteiger charge is -2.23. The number of aryl methyl sites for hydroxylation is 1. The molecule has 8 rings (SSSR count). The largest absolute Gasteiger partial charge is 0.456 e. The second-order valence-corrected chi connectivity index (χ2v) is 10.2. The maximum atomic E-state index is 6.40. The van der Waals surface area contributed by atoms with Gasteiger partial charge < -0.3 is 4.74 Å². The van der Waals surface area contributed by atoms with Crippen LogP contribution >= 0.6 is 0 Å².